The molecule has 0 aliphatic rings. The number of aromatic nitrogens is 2. The van der Waals surface area contributed by atoms with Crippen LogP contribution in [0.2, 0.25) is 0 Å². The van der Waals surface area contributed by atoms with Gasteiger partial charge in [0.25, 0.3) is 21.5 Å². The first-order valence-electron chi connectivity index (χ1n) is 12.7. The lowest BCUT2D eigenvalue weighted by Crippen LogP contribution is -2.34. The first-order chi connectivity index (χ1) is 18.9. The van der Waals surface area contributed by atoms with E-state index in [0.717, 1.165) is 34.1 Å². The second-order valence-electron chi connectivity index (χ2n) is 9.91. The van der Waals surface area contributed by atoms with Crippen molar-refractivity contribution in [1.29, 1.82) is 0 Å². The van der Waals surface area contributed by atoms with E-state index in [1.54, 1.807) is 6.07 Å². The predicted octanol–water partition coefficient (Wildman–Crippen LogP) is 5.31. The number of carbonyl (C=O) groups is 1. The summed E-state index contributed by atoms with van der Waals surface area (Å²) in [7, 11) is -4.47. The highest BCUT2D eigenvalue weighted by molar-refractivity contribution is 7.90. The highest BCUT2D eigenvalue weighted by atomic mass is 32.2. The largest absolute Gasteiger partial charge is 0.493 e. The summed E-state index contributed by atoms with van der Waals surface area (Å²) in [4.78, 5) is 31.6. The number of sulfonamides is 1. The lowest BCUT2D eigenvalue weighted by molar-refractivity contribution is 0.0978. The number of hydrogen-bond acceptors (Lipinski definition) is 7. The number of ether oxygens (including phenoxy) is 2. The Morgan fingerprint density at radius 1 is 1.00 bits per heavy atom. The van der Waals surface area contributed by atoms with Crippen LogP contribution in [-0.4, -0.2) is 30.9 Å². The van der Waals surface area contributed by atoms with Crippen molar-refractivity contribution in [3.63, 3.8) is 0 Å². The Balaban J connectivity index is 1.73. The molecule has 4 rings (SSSR count). The standard InChI is InChI=1S/C30H31N3O6S/c1-18(2)17-38-23-10-8-22(9-11-23)25-13-12-24(28(34)33-40(36,37)26-7-6-14-31-29(26)35)30(32-25)39-27-20(4)15-19(3)16-21(27)5/h6-16,18H,17H2,1-5H3,(H,31,35)(H,33,34). The molecule has 2 heterocycles. The maximum Gasteiger partial charge on any atom is 0.270 e. The van der Waals surface area contributed by atoms with Gasteiger partial charge in [0.1, 0.15) is 17.1 Å². The van der Waals surface area contributed by atoms with E-state index in [0.29, 0.717) is 24.0 Å². The number of H-pyrrole nitrogens is 1. The zero-order valence-corrected chi connectivity index (χ0v) is 23.8. The molecule has 0 atom stereocenters. The summed E-state index contributed by atoms with van der Waals surface area (Å²) in [6, 6.07) is 16.7. The van der Waals surface area contributed by atoms with E-state index in [4.69, 9.17) is 9.47 Å². The third-order valence-corrected chi connectivity index (χ3v) is 7.29. The smallest absolute Gasteiger partial charge is 0.270 e. The van der Waals surface area contributed by atoms with Gasteiger partial charge in [0.05, 0.1) is 12.3 Å². The Labute approximate surface area is 233 Å². The van der Waals surface area contributed by atoms with Crippen LogP contribution in [0.1, 0.15) is 40.9 Å². The zero-order valence-electron chi connectivity index (χ0n) is 22.9. The lowest BCUT2D eigenvalue weighted by Gasteiger charge is -2.16. The lowest BCUT2D eigenvalue weighted by atomic mass is 10.1. The van der Waals surface area contributed by atoms with Gasteiger partial charge in [-0.05, 0) is 86.3 Å². The van der Waals surface area contributed by atoms with Crippen molar-refractivity contribution in [3.05, 3.63) is 99.5 Å². The summed E-state index contributed by atoms with van der Waals surface area (Å²) < 4.78 is 39.6. The minimum atomic E-state index is -4.47. The number of pyridine rings is 2. The number of amides is 1. The Morgan fingerprint density at radius 2 is 1.68 bits per heavy atom. The fourth-order valence-corrected chi connectivity index (χ4v) is 5.14. The molecule has 0 fully saturated rings. The first-order valence-corrected chi connectivity index (χ1v) is 14.2. The molecular formula is C30H31N3O6S. The Hall–Kier alpha value is -4.44. The molecule has 40 heavy (non-hydrogen) atoms. The molecule has 4 aromatic rings. The van der Waals surface area contributed by atoms with E-state index in [1.165, 1.54) is 18.3 Å². The van der Waals surface area contributed by atoms with Gasteiger partial charge in [0.2, 0.25) is 5.88 Å². The zero-order chi connectivity index (χ0) is 29.0. The van der Waals surface area contributed by atoms with Crippen molar-refractivity contribution in [3.8, 4) is 28.6 Å². The average Bonchev–Trinajstić information content (AvgIpc) is 2.89. The molecule has 208 valence electrons. The summed E-state index contributed by atoms with van der Waals surface area (Å²) in [6.45, 7) is 10.4. The molecule has 0 aliphatic heterocycles. The molecular weight excluding hydrogens is 530 g/mol. The molecule has 2 aromatic heterocycles. The number of aromatic amines is 1. The molecule has 9 nitrogen and oxygen atoms in total. The Kier molecular flexibility index (Phi) is 8.39. The SMILES string of the molecule is Cc1cc(C)c(Oc2nc(-c3ccc(OCC(C)C)cc3)ccc2C(=O)NS(=O)(=O)c2ccc[nH]c2=O)c(C)c1. The minimum absolute atomic E-state index is 0.0811. The summed E-state index contributed by atoms with van der Waals surface area (Å²) >= 11 is 0. The van der Waals surface area contributed by atoms with E-state index in [-0.39, 0.29) is 11.4 Å². The average molecular weight is 562 g/mol. The number of carbonyl (C=O) groups excluding carboxylic acids is 1. The normalized spacial score (nSPS) is 11.3. The van der Waals surface area contributed by atoms with Crippen LogP contribution in [0, 0.1) is 26.7 Å². The van der Waals surface area contributed by atoms with Gasteiger partial charge in [0.15, 0.2) is 4.90 Å². The van der Waals surface area contributed by atoms with Gasteiger partial charge in [-0.1, -0.05) is 31.5 Å². The molecule has 10 heteroatoms. The molecule has 1 amide bonds. The number of nitrogens with one attached hydrogen (secondary N) is 2. The van der Waals surface area contributed by atoms with Crippen LogP contribution in [0.3, 0.4) is 0 Å². The number of benzene rings is 2. The van der Waals surface area contributed by atoms with Crippen LogP contribution >= 0.6 is 0 Å². The summed E-state index contributed by atoms with van der Waals surface area (Å²) in [5.41, 5.74) is 2.98. The van der Waals surface area contributed by atoms with Crippen molar-refractivity contribution in [2.24, 2.45) is 5.92 Å². The minimum Gasteiger partial charge on any atom is -0.493 e. The molecule has 0 bridgehead atoms. The van der Waals surface area contributed by atoms with Gasteiger partial charge >= 0.3 is 0 Å². The van der Waals surface area contributed by atoms with Crippen LogP contribution in [0.4, 0.5) is 0 Å². The fourth-order valence-electron chi connectivity index (χ4n) is 4.11. The highest BCUT2D eigenvalue weighted by Gasteiger charge is 2.25. The topological polar surface area (TPSA) is 127 Å². The number of aryl methyl sites for hydroxylation is 3. The Bertz CT molecular complexity index is 1690. The van der Waals surface area contributed by atoms with Gasteiger partial charge < -0.3 is 14.5 Å². The summed E-state index contributed by atoms with van der Waals surface area (Å²) in [5.74, 6) is 0.540. The van der Waals surface area contributed by atoms with Gasteiger partial charge in [-0.15, -0.1) is 0 Å². The van der Waals surface area contributed by atoms with E-state index in [1.807, 2.05) is 61.9 Å². The maximum absolute atomic E-state index is 13.3. The van der Waals surface area contributed by atoms with E-state index in [9.17, 15) is 18.0 Å². The molecule has 0 saturated heterocycles. The fraction of sp³-hybridized carbons (Fsp3) is 0.233. The molecule has 0 radical (unpaired) electrons. The second-order valence-corrected chi connectivity index (χ2v) is 11.6. The van der Waals surface area contributed by atoms with E-state index < -0.39 is 26.4 Å². The molecule has 0 saturated carbocycles. The molecule has 2 N–H and O–H groups in total. The van der Waals surface area contributed by atoms with Crippen LogP contribution in [-0.2, 0) is 10.0 Å². The monoisotopic (exact) mass is 561 g/mol. The maximum atomic E-state index is 13.3. The van der Waals surface area contributed by atoms with Gasteiger partial charge in [-0.25, -0.2) is 18.1 Å². The van der Waals surface area contributed by atoms with Crippen molar-refractivity contribution in [2.45, 2.75) is 39.5 Å². The van der Waals surface area contributed by atoms with Crippen LogP contribution in [0.5, 0.6) is 17.4 Å². The van der Waals surface area contributed by atoms with Crippen molar-refractivity contribution >= 4 is 15.9 Å². The van der Waals surface area contributed by atoms with Crippen LogP contribution < -0.4 is 19.8 Å². The summed E-state index contributed by atoms with van der Waals surface area (Å²) in [5, 5.41) is 0. The van der Waals surface area contributed by atoms with Gasteiger partial charge in [-0.2, -0.15) is 0 Å². The van der Waals surface area contributed by atoms with E-state index in [2.05, 4.69) is 23.8 Å². The van der Waals surface area contributed by atoms with E-state index >= 15 is 0 Å². The number of nitrogens with zero attached hydrogens (tertiary/aromatic N) is 1. The molecule has 0 aliphatic carbocycles. The summed E-state index contributed by atoms with van der Waals surface area (Å²) in [6.07, 6.45) is 1.30. The second kappa shape index (κ2) is 11.7. The van der Waals surface area contributed by atoms with Gasteiger partial charge in [0, 0.05) is 11.8 Å². The Morgan fingerprint density at radius 3 is 2.30 bits per heavy atom. The quantitative estimate of drug-likeness (QED) is 0.284. The molecule has 2 aromatic carbocycles. The predicted molar refractivity (Wildman–Crippen MR) is 152 cm³/mol. The first kappa shape index (κ1) is 28.6. The van der Waals surface area contributed by atoms with Crippen LogP contribution in [0.15, 0.2) is 76.6 Å². The third kappa shape index (κ3) is 6.58. The highest BCUT2D eigenvalue weighted by Crippen LogP contribution is 2.33. The van der Waals surface area contributed by atoms with Crippen molar-refractivity contribution in [2.75, 3.05) is 6.61 Å². The third-order valence-electron chi connectivity index (χ3n) is 5.94. The van der Waals surface area contributed by atoms with Crippen molar-refractivity contribution in [1.82, 2.24) is 14.7 Å². The number of hydrogen-bond donors (Lipinski definition) is 2. The van der Waals surface area contributed by atoms with Gasteiger partial charge in [-0.3, -0.25) is 9.59 Å². The molecule has 0 unspecified atom stereocenters. The number of rotatable bonds is 9. The van der Waals surface area contributed by atoms with Crippen molar-refractivity contribution < 1.29 is 22.7 Å². The van der Waals surface area contributed by atoms with Crippen LogP contribution in [0.25, 0.3) is 11.3 Å². The molecule has 0 spiro atoms.